The van der Waals surface area contributed by atoms with Crippen molar-refractivity contribution in [2.45, 2.75) is 56.6 Å². The summed E-state index contributed by atoms with van der Waals surface area (Å²) in [6, 6.07) is 0. The molecule has 0 N–H and O–H groups in total. The summed E-state index contributed by atoms with van der Waals surface area (Å²) in [5, 5.41) is 0.491. The number of imide groups is 1. The second kappa shape index (κ2) is 5.01. The average Bonchev–Trinajstić information content (AvgIpc) is 2.25. The Morgan fingerprint density at radius 2 is 1.53 bits per heavy atom. The fourth-order valence-corrected chi connectivity index (χ4v) is 3.43. The van der Waals surface area contributed by atoms with Crippen LogP contribution in [0.4, 0.5) is 0 Å². The highest BCUT2D eigenvalue weighted by Gasteiger charge is 2.29. The van der Waals surface area contributed by atoms with Crippen LogP contribution in [0.5, 0.6) is 0 Å². The van der Waals surface area contributed by atoms with Gasteiger partial charge in [0.05, 0.1) is 0 Å². The Labute approximate surface area is 94.7 Å². The van der Waals surface area contributed by atoms with E-state index in [2.05, 4.69) is 0 Å². The minimum absolute atomic E-state index is 0.0156. The fourth-order valence-electron chi connectivity index (χ4n) is 2.17. The van der Waals surface area contributed by atoms with Crippen molar-refractivity contribution in [1.82, 2.24) is 4.31 Å². The molecule has 1 saturated carbocycles. The van der Waals surface area contributed by atoms with Gasteiger partial charge in [0.25, 0.3) is 0 Å². The van der Waals surface area contributed by atoms with Crippen molar-refractivity contribution in [2.24, 2.45) is 0 Å². The van der Waals surface area contributed by atoms with Crippen LogP contribution >= 0.6 is 11.9 Å². The van der Waals surface area contributed by atoms with Crippen molar-refractivity contribution >= 4 is 23.8 Å². The van der Waals surface area contributed by atoms with Crippen molar-refractivity contribution in [2.75, 3.05) is 0 Å². The Morgan fingerprint density at radius 3 is 2.13 bits per heavy atom. The first-order valence-electron chi connectivity index (χ1n) is 5.80. The first-order chi connectivity index (χ1) is 7.27. The van der Waals surface area contributed by atoms with Gasteiger partial charge in [0, 0.05) is 18.1 Å². The first kappa shape index (κ1) is 11.0. The standard InChI is InChI=1S/C11H17NO2S/c13-10-7-4-8-11(14)12(10)15-9-5-2-1-3-6-9/h9H,1-8H2. The van der Waals surface area contributed by atoms with Crippen LogP contribution < -0.4 is 0 Å². The van der Waals surface area contributed by atoms with Gasteiger partial charge >= 0.3 is 0 Å². The van der Waals surface area contributed by atoms with Crippen molar-refractivity contribution in [1.29, 1.82) is 0 Å². The second-order valence-electron chi connectivity index (χ2n) is 4.30. The summed E-state index contributed by atoms with van der Waals surface area (Å²) in [6.07, 6.45) is 7.93. The van der Waals surface area contributed by atoms with Gasteiger partial charge in [-0.1, -0.05) is 19.3 Å². The molecule has 4 heteroatoms. The second-order valence-corrected chi connectivity index (χ2v) is 5.54. The van der Waals surface area contributed by atoms with E-state index in [9.17, 15) is 9.59 Å². The maximum Gasteiger partial charge on any atom is 0.239 e. The SMILES string of the molecule is O=C1CCCC(=O)N1SC1CCCCC1. The maximum absolute atomic E-state index is 11.6. The summed E-state index contributed by atoms with van der Waals surface area (Å²) in [7, 11) is 0. The number of hydrogen-bond acceptors (Lipinski definition) is 3. The highest BCUT2D eigenvalue weighted by Crippen LogP contribution is 2.32. The van der Waals surface area contributed by atoms with E-state index in [0.717, 1.165) is 19.3 Å². The molecule has 0 aromatic rings. The summed E-state index contributed by atoms with van der Waals surface area (Å²) in [5.41, 5.74) is 0. The Morgan fingerprint density at radius 1 is 0.933 bits per heavy atom. The molecule has 1 heterocycles. The maximum atomic E-state index is 11.6. The molecule has 1 saturated heterocycles. The molecule has 0 aromatic heterocycles. The molecule has 2 amide bonds. The largest absolute Gasteiger partial charge is 0.273 e. The van der Waals surface area contributed by atoms with Crippen molar-refractivity contribution in [3.8, 4) is 0 Å². The quantitative estimate of drug-likeness (QED) is 0.537. The number of carbonyl (C=O) groups is 2. The minimum atomic E-state index is 0.0156. The van der Waals surface area contributed by atoms with Crippen LogP contribution in [0.2, 0.25) is 0 Å². The van der Waals surface area contributed by atoms with E-state index in [0.29, 0.717) is 18.1 Å². The summed E-state index contributed by atoms with van der Waals surface area (Å²) in [4.78, 5) is 23.1. The molecule has 0 aromatic carbocycles. The monoisotopic (exact) mass is 227 g/mol. The summed E-state index contributed by atoms with van der Waals surface area (Å²) in [6.45, 7) is 0. The van der Waals surface area contributed by atoms with E-state index in [4.69, 9.17) is 0 Å². The fraction of sp³-hybridized carbons (Fsp3) is 0.818. The summed E-state index contributed by atoms with van der Waals surface area (Å²) >= 11 is 1.49. The lowest BCUT2D eigenvalue weighted by atomic mass is 10.0. The van der Waals surface area contributed by atoms with Crippen LogP contribution in [0.1, 0.15) is 51.4 Å². The molecule has 2 aliphatic rings. The Kier molecular flexibility index (Phi) is 3.67. The van der Waals surface area contributed by atoms with Gasteiger partial charge in [-0.05, 0) is 31.2 Å². The van der Waals surface area contributed by atoms with Crippen molar-refractivity contribution < 1.29 is 9.59 Å². The molecule has 0 bridgehead atoms. The predicted octanol–water partition coefficient (Wildman–Crippen LogP) is 2.51. The highest BCUT2D eigenvalue weighted by molar-refractivity contribution is 7.98. The summed E-state index contributed by atoms with van der Waals surface area (Å²) in [5.74, 6) is 0.0312. The van der Waals surface area contributed by atoms with Crippen LogP contribution in [0, 0.1) is 0 Å². The summed E-state index contributed by atoms with van der Waals surface area (Å²) < 4.78 is 1.43. The van der Waals surface area contributed by atoms with Gasteiger partial charge in [0.2, 0.25) is 11.8 Å². The third kappa shape index (κ3) is 2.74. The lowest BCUT2D eigenvalue weighted by Gasteiger charge is -2.29. The van der Waals surface area contributed by atoms with Crippen LogP contribution in [-0.2, 0) is 9.59 Å². The van der Waals surface area contributed by atoms with E-state index in [-0.39, 0.29) is 11.8 Å². The predicted molar refractivity (Wildman–Crippen MR) is 60.2 cm³/mol. The zero-order chi connectivity index (χ0) is 10.7. The number of nitrogens with zero attached hydrogens (tertiary/aromatic N) is 1. The number of rotatable bonds is 2. The number of hydrogen-bond donors (Lipinski definition) is 0. The van der Waals surface area contributed by atoms with Gasteiger partial charge in [-0.25, -0.2) is 4.31 Å². The number of piperidine rings is 1. The Balaban J connectivity index is 1.90. The van der Waals surface area contributed by atoms with Crippen molar-refractivity contribution in [3.05, 3.63) is 0 Å². The van der Waals surface area contributed by atoms with Gasteiger partial charge in [0.15, 0.2) is 0 Å². The Bertz CT molecular complexity index is 245. The van der Waals surface area contributed by atoms with Crippen molar-refractivity contribution in [3.63, 3.8) is 0 Å². The highest BCUT2D eigenvalue weighted by atomic mass is 32.2. The molecular weight excluding hydrogens is 210 g/mol. The average molecular weight is 227 g/mol. The molecule has 15 heavy (non-hydrogen) atoms. The topological polar surface area (TPSA) is 37.4 Å². The normalized spacial score (nSPS) is 24.7. The molecule has 0 radical (unpaired) electrons. The lowest BCUT2D eigenvalue weighted by molar-refractivity contribution is -0.140. The molecule has 2 fully saturated rings. The van der Waals surface area contributed by atoms with E-state index >= 15 is 0 Å². The molecule has 0 spiro atoms. The first-order valence-corrected chi connectivity index (χ1v) is 6.63. The van der Waals surface area contributed by atoms with E-state index in [1.54, 1.807) is 0 Å². The molecular formula is C11H17NO2S. The molecule has 3 nitrogen and oxygen atoms in total. The molecule has 1 aliphatic carbocycles. The lowest BCUT2D eigenvalue weighted by Crippen LogP contribution is -2.36. The molecule has 84 valence electrons. The van der Waals surface area contributed by atoms with E-state index < -0.39 is 0 Å². The smallest absolute Gasteiger partial charge is 0.239 e. The van der Waals surface area contributed by atoms with Crippen LogP contribution in [0.3, 0.4) is 0 Å². The van der Waals surface area contributed by atoms with E-state index in [1.807, 2.05) is 0 Å². The molecule has 2 rings (SSSR count). The van der Waals surface area contributed by atoms with Gasteiger partial charge in [-0.2, -0.15) is 0 Å². The zero-order valence-corrected chi connectivity index (χ0v) is 9.72. The van der Waals surface area contributed by atoms with Gasteiger partial charge < -0.3 is 0 Å². The molecule has 1 aliphatic heterocycles. The number of amides is 2. The molecule has 0 atom stereocenters. The Hall–Kier alpha value is -0.510. The number of carbonyl (C=O) groups excluding carboxylic acids is 2. The van der Waals surface area contributed by atoms with Gasteiger partial charge in [-0.15, -0.1) is 0 Å². The third-order valence-corrected chi connectivity index (χ3v) is 4.43. The van der Waals surface area contributed by atoms with Crippen LogP contribution in [-0.4, -0.2) is 21.4 Å². The van der Waals surface area contributed by atoms with Gasteiger partial charge in [-0.3, -0.25) is 9.59 Å². The minimum Gasteiger partial charge on any atom is -0.273 e. The van der Waals surface area contributed by atoms with E-state index in [1.165, 1.54) is 35.5 Å². The third-order valence-electron chi connectivity index (χ3n) is 3.04. The van der Waals surface area contributed by atoms with Crippen LogP contribution in [0.15, 0.2) is 0 Å². The van der Waals surface area contributed by atoms with Crippen LogP contribution in [0.25, 0.3) is 0 Å². The van der Waals surface area contributed by atoms with Gasteiger partial charge in [0.1, 0.15) is 0 Å². The molecule has 0 unspecified atom stereocenters. The zero-order valence-electron chi connectivity index (χ0n) is 8.91.